The Labute approximate surface area is 128 Å². The van der Waals surface area contributed by atoms with Crippen molar-refractivity contribution in [2.75, 3.05) is 13.7 Å². The summed E-state index contributed by atoms with van der Waals surface area (Å²) in [5, 5.41) is 2.44. The number of amides is 1. The highest BCUT2D eigenvalue weighted by Crippen LogP contribution is 2.07. The van der Waals surface area contributed by atoms with Gasteiger partial charge in [0.05, 0.1) is 13.7 Å². The Balaban J connectivity index is 3.77. The normalized spacial score (nSPS) is 11.5. The standard InChI is InChI=1S/C16H29NO4/c1-4-6-7-8-9-10-11-13-21-15(18)14(12-5-2)17-16(19)20-3/h5,14H,2,4,6-13H2,1,3H3,(H,17,19). The second-order valence-electron chi connectivity index (χ2n) is 5.00. The molecule has 0 bridgehead atoms. The lowest BCUT2D eigenvalue weighted by Crippen LogP contribution is -2.41. The summed E-state index contributed by atoms with van der Waals surface area (Å²) in [6, 6.07) is -0.723. The van der Waals surface area contributed by atoms with E-state index in [2.05, 4.69) is 23.6 Å². The molecule has 0 heterocycles. The molecule has 5 heteroatoms. The van der Waals surface area contributed by atoms with Crippen molar-refractivity contribution in [3.63, 3.8) is 0 Å². The van der Waals surface area contributed by atoms with Gasteiger partial charge in [-0.05, 0) is 12.8 Å². The number of carbonyl (C=O) groups is 2. The van der Waals surface area contributed by atoms with E-state index in [4.69, 9.17) is 4.74 Å². The number of carbonyl (C=O) groups excluding carboxylic acids is 2. The van der Waals surface area contributed by atoms with E-state index >= 15 is 0 Å². The molecule has 0 saturated carbocycles. The zero-order valence-electron chi connectivity index (χ0n) is 13.4. The first kappa shape index (κ1) is 19.5. The summed E-state index contributed by atoms with van der Waals surface area (Å²) in [5.41, 5.74) is 0. The molecular formula is C16H29NO4. The van der Waals surface area contributed by atoms with E-state index in [0.29, 0.717) is 13.0 Å². The minimum atomic E-state index is -0.723. The van der Waals surface area contributed by atoms with Crippen molar-refractivity contribution >= 4 is 12.1 Å². The molecule has 5 nitrogen and oxygen atoms in total. The highest BCUT2D eigenvalue weighted by Gasteiger charge is 2.20. The van der Waals surface area contributed by atoms with Crippen LogP contribution in [0.4, 0.5) is 4.79 Å². The summed E-state index contributed by atoms with van der Waals surface area (Å²) in [6.07, 6.45) is 9.40. The molecule has 0 aliphatic carbocycles. The number of ether oxygens (including phenoxy) is 2. The van der Waals surface area contributed by atoms with E-state index in [1.807, 2.05) is 0 Å². The molecule has 0 aromatic heterocycles. The molecule has 1 unspecified atom stereocenters. The van der Waals surface area contributed by atoms with E-state index in [1.54, 1.807) is 6.08 Å². The molecule has 1 N–H and O–H groups in total. The summed E-state index contributed by atoms with van der Waals surface area (Å²) in [5.74, 6) is -0.439. The van der Waals surface area contributed by atoms with Crippen LogP contribution in [-0.4, -0.2) is 31.8 Å². The summed E-state index contributed by atoms with van der Waals surface area (Å²) >= 11 is 0. The molecule has 1 atom stereocenters. The molecular weight excluding hydrogens is 270 g/mol. The molecule has 0 radical (unpaired) electrons. The highest BCUT2D eigenvalue weighted by atomic mass is 16.5. The number of rotatable bonds is 12. The van der Waals surface area contributed by atoms with Crippen LogP contribution in [0.2, 0.25) is 0 Å². The van der Waals surface area contributed by atoms with Crippen molar-refractivity contribution in [3.05, 3.63) is 12.7 Å². The lowest BCUT2D eigenvalue weighted by atomic mass is 10.1. The Hall–Kier alpha value is -1.52. The van der Waals surface area contributed by atoms with E-state index in [1.165, 1.54) is 39.2 Å². The zero-order chi connectivity index (χ0) is 15.9. The van der Waals surface area contributed by atoms with Gasteiger partial charge >= 0.3 is 12.1 Å². The van der Waals surface area contributed by atoms with Crippen LogP contribution in [0.3, 0.4) is 0 Å². The van der Waals surface area contributed by atoms with Gasteiger partial charge < -0.3 is 14.8 Å². The van der Waals surface area contributed by atoms with E-state index < -0.39 is 18.1 Å². The number of unbranched alkanes of at least 4 members (excludes halogenated alkanes) is 6. The molecule has 0 aromatic carbocycles. The molecule has 0 rings (SSSR count). The zero-order valence-corrected chi connectivity index (χ0v) is 13.4. The third-order valence-corrected chi connectivity index (χ3v) is 3.16. The first-order valence-corrected chi connectivity index (χ1v) is 7.77. The fourth-order valence-corrected chi connectivity index (χ4v) is 1.91. The Morgan fingerprint density at radius 1 is 1.14 bits per heavy atom. The number of nitrogens with one attached hydrogen (secondary N) is 1. The molecule has 0 aliphatic rings. The summed E-state index contributed by atoms with van der Waals surface area (Å²) < 4.78 is 9.65. The maximum absolute atomic E-state index is 11.8. The molecule has 1 amide bonds. The average molecular weight is 299 g/mol. The summed E-state index contributed by atoms with van der Waals surface area (Å²) in [7, 11) is 1.25. The molecule has 0 spiro atoms. The van der Waals surface area contributed by atoms with Crippen LogP contribution in [-0.2, 0) is 14.3 Å². The van der Waals surface area contributed by atoms with E-state index in [0.717, 1.165) is 12.8 Å². The van der Waals surface area contributed by atoms with Crippen molar-refractivity contribution < 1.29 is 19.1 Å². The predicted octanol–water partition coefficient (Wildman–Crippen LogP) is 3.58. The van der Waals surface area contributed by atoms with Crippen molar-refractivity contribution in [2.24, 2.45) is 0 Å². The fourth-order valence-electron chi connectivity index (χ4n) is 1.91. The van der Waals surface area contributed by atoms with Crippen LogP contribution in [0.5, 0.6) is 0 Å². The quantitative estimate of drug-likeness (QED) is 0.340. The number of hydrogen-bond acceptors (Lipinski definition) is 4. The predicted molar refractivity (Wildman–Crippen MR) is 83.1 cm³/mol. The first-order chi connectivity index (χ1) is 10.2. The van der Waals surface area contributed by atoms with Crippen molar-refractivity contribution in [1.82, 2.24) is 5.32 Å². The highest BCUT2D eigenvalue weighted by molar-refractivity contribution is 5.81. The maximum Gasteiger partial charge on any atom is 0.407 e. The third-order valence-electron chi connectivity index (χ3n) is 3.16. The first-order valence-electron chi connectivity index (χ1n) is 7.77. The second-order valence-corrected chi connectivity index (χ2v) is 5.00. The van der Waals surface area contributed by atoms with Gasteiger partial charge in [-0.15, -0.1) is 6.58 Å². The third kappa shape index (κ3) is 10.9. The Bertz CT molecular complexity index is 305. The van der Waals surface area contributed by atoms with Gasteiger partial charge in [-0.25, -0.2) is 9.59 Å². The molecule has 0 saturated heterocycles. The van der Waals surface area contributed by atoms with Crippen molar-refractivity contribution in [2.45, 2.75) is 64.3 Å². The van der Waals surface area contributed by atoms with E-state index in [-0.39, 0.29) is 0 Å². The van der Waals surface area contributed by atoms with Crippen molar-refractivity contribution in [1.29, 1.82) is 0 Å². The Kier molecular flexibility index (Phi) is 12.5. The van der Waals surface area contributed by atoms with Gasteiger partial charge in [0.15, 0.2) is 0 Å². The van der Waals surface area contributed by atoms with Crippen LogP contribution in [0.1, 0.15) is 58.3 Å². The van der Waals surface area contributed by atoms with Crippen LogP contribution in [0.15, 0.2) is 12.7 Å². The average Bonchev–Trinajstić information content (AvgIpc) is 2.49. The monoisotopic (exact) mass is 299 g/mol. The minimum Gasteiger partial charge on any atom is -0.464 e. The SMILES string of the molecule is C=CCC(NC(=O)OC)C(=O)OCCCCCCCCC. The topological polar surface area (TPSA) is 64.6 Å². The Morgan fingerprint density at radius 3 is 2.33 bits per heavy atom. The van der Waals surface area contributed by atoms with Gasteiger partial charge in [-0.1, -0.05) is 51.5 Å². The van der Waals surface area contributed by atoms with E-state index in [9.17, 15) is 9.59 Å². The fraction of sp³-hybridized carbons (Fsp3) is 0.750. The van der Waals surface area contributed by atoms with Gasteiger partial charge in [-0.3, -0.25) is 0 Å². The molecule has 0 fully saturated rings. The number of esters is 1. The summed E-state index contributed by atoms with van der Waals surface area (Å²) in [4.78, 5) is 22.9. The van der Waals surface area contributed by atoms with Gasteiger partial charge in [0, 0.05) is 0 Å². The lowest BCUT2D eigenvalue weighted by Gasteiger charge is -2.15. The summed E-state index contributed by atoms with van der Waals surface area (Å²) in [6.45, 7) is 6.15. The van der Waals surface area contributed by atoms with Crippen LogP contribution >= 0.6 is 0 Å². The van der Waals surface area contributed by atoms with Gasteiger partial charge in [0.25, 0.3) is 0 Å². The largest absolute Gasteiger partial charge is 0.464 e. The molecule has 0 aliphatic heterocycles. The minimum absolute atomic E-state index is 0.324. The Morgan fingerprint density at radius 2 is 1.76 bits per heavy atom. The molecule has 21 heavy (non-hydrogen) atoms. The van der Waals surface area contributed by atoms with Crippen LogP contribution in [0.25, 0.3) is 0 Å². The maximum atomic E-state index is 11.8. The van der Waals surface area contributed by atoms with Crippen LogP contribution < -0.4 is 5.32 Å². The number of methoxy groups -OCH3 is 1. The number of alkyl carbamates (subject to hydrolysis) is 1. The lowest BCUT2D eigenvalue weighted by molar-refractivity contribution is -0.146. The van der Waals surface area contributed by atoms with Gasteiger partial charge in [-0.2, -0.15) is 0 Å². The molecule has 0 aromatic rings. The van der Waals surface area contributed by atoms with Gasteiger partial charge in [0.1, 0.15) is 6.04 Å². The van der Waals surface area contributed by atoms with Gasteiger partial charge in [0.2, 0.25) is 0 Å². The van der Waals surface area contributed by atoms with Crippen LogP contribution in [0, 0.1) is 0 Å². The van der Waals surface area contributed by atoms with Crippen molar-refractivity contribution in [3.8, 4) is 0 Å². The second kappa shape index (κ2) is 13.5. The smallest absolute Gasteiger partial charge is 0.407 e. The molecule has 122 valence electrons. The number of hydrogen-bond donors (Lipinski definition) is 1.